The van der Waals surface area contributed by atoms with E-state index in [9.17, 15) is 0 Å². The predicted molar refractivity (Wildman–Crippen MR) is 92.4 cm³/mol. The van der Waals surface area contributed by atoms with E-state index in [1.807, 2.05) is 0 Å². The molecule has 0 aromatic carbocycles. The summed E-state index contributed by atoms with van der Waals surface area (Å²) in [6.45, 7) is 9.54. The van der Waals surface area contributed by atoms with Crippen LogP contribution in [-0.4, -0.2) is 61.8 Å². The lowest BCUT2D eigenvalue weighted by Gasteiger charge is -2.23. The SMILES string of the molecule is CCNC(=NCCCCN(C)C(C)C)NC1CC2CCC1O2. The Morgan fingerprint density at radius 3 is 2.73 bits per heavy atom. The molecule has 0 saturated carbocycles. The van der Waals surface area contributed by atoms with Crippen LogP contribution in [0.25, 0.3) is 0 Å². The zero-order chi connectivity index (χ0) is 15.9. The van der Waals surface area contributed by atoms with Gasteiger partial charge in [0.1, 0.15) is 0 Å². The van der Waals surface area contributed by atoms with E-state index < -0.39 is 0 Å². The van der Waals surface area contributed by atoms with Crippen LogP contribution in [0.2, 0.25) is 0 Å². The summed E-state index contributed by atoms with van der Waals surface area (Å²) in [5, 5.41) is 6.93. The molecule has 0 aromatic rings. The Labute approximate surface area is 135 Å². The van der Waals surface area contributed by atoms with Crippen LogP contribution < -0.4 is 10.6 Å². The van der Waals surface area contributed by atoms with E-state index in [4.69, 9.17) is 9.73 Å². The fourth-order valence-corrected chi connectivity index (χ4v) is 3.21. The van der Waals surface area contributed by atoms with Crippen molar-refractivity contribution in [3.8, 4) is 0 Å². The first-order valence-corrected chi connectivity index (χ1v) is 9.00. The maximum atomic E-state index is 5.90. The van der Waals surface area contributed by atoms with Gasteiger partial charge in [-0.25, -0.2) is 0 Å². The molecule has 22 heavy (non-hydrogen) atoms. The van der Waals surface area contributed by atoms with Crippen molar-refractivity contribution >= 4 is 5.96 Å². The molecule has 2 heterocycles. The smallest absolute Gasteiger partial charge is 0.191 e. The molecule has 2 N–H and O–H groups in total. The number of hydrogen-bond donors (Lipinski definition) is 2. The lowest BCUT2D eigenvalue weighted by molar-refractivity contribution is 0.0992. The molecule has 0 aromatic heterocycles. The zero-order valence-corrected chi connectivity index (χ0v) is 14.8. The largest absolute Gasteiger partial charge is 0.373 e. The van der Waals surface area contributed by atoms with Gasteiger partial charge in [0.15, 0.2) is 5.96 Å². The number of rotatable bonds is 8. The molecule has 0 radical (unpaired) electrons. The molecule has 2 aliphatic heterocycles. The molecule has 2 fully saturated rings. The van der Waals surface area contributed by atoms with Gasteiger partial charge in [-0.2, -0.15) is 0 Å². The van der Waals surface area contributed by atoms with E-state index >= 15 is 0 Å². The fraction of sp³-hybridized carbons (Fsp3) is 0.941. The average molecular weight is 310 g/mol. The van der Waals surface area contributed by atoms with Crippen LogP contribution in [0.1, 0.15) is 52.9 Å². The summed E-state index contributed by atoms with van der Waals surface area (Å²) in [6, 6.07) is 1.07. The molecule has 0 spiro atoms. The minimum atomic E-state index is 0.397. The van der Waals surface area contributed by atoms with E-state index in [-0.39, 0.29) is 0 Å². The van der Waals surface area contributed by atoms with Gasteiger partial charge >= 0.3 is 0 Å². The van der Waals surface area contributed by atoms with E-state index in [2.05, 4.69) is 43.4 Å². The maximum absolute atomic E-state index is 5.90. The molecular weight excluding hydrogens is 276 g/mol. The van der Waals surface area contributed by atoms with Crippen molar-refractivity contribution in [3.63, 3.8) is 0 Å². The number of nitrogens with zero attached hydrogens (tertiary/aromatic N) is 2. The first-order chi connectivity index (χ1) is 10.6. The van der Waals surface area contributed by atoms with Gasteiger partial charge < -0.3 is 20.3 Å². The number of hydrogen-bond acceptors (Lipinski definition) is 3. The number of aliphatic imine (C=N–C) groups is 1. The second kappa shape index (κ2) is 8.73. The third-order valence-electron chi connectivity index (χ3n) is 4.84. The van der Waals surface area contributed by atoms with Gasteiger partial charge in [-0.1, -0.05) is 0 Å². The Balaban J connectivity index is 1.68. The molecule has 5 nitrogen and oxygen atoms in total. The Morgan fingerprint density at radius 1 is 1.32 bits per heavy atom. The van der Waals surface area contributed by atoms with Gasteiger partial charge in [-0.05, 0) is 66.5 Å². The zero-order valence-electron chi connectivity index (χ0n) is 14.8. The van der Waals surface area contributed by atoms with Crippen molar-refractivity contribution in [2.45, 2.75) is 77.2 Å². The fourth-order valence-electron chi connectivity index (χ4n) is 3.21. The summed E-state index contributed by atoms with van der Waals surface area (Å²) in [4.78, 5) is 7.11. The topological polar surface area (TPSA) is 48.9 Å². The summed E-state index contributed by atoms with van der Waals surface area (Å²) in [7, 11) is 2.19. The minimum absolute atomic E-state index is 0.397. The average Bonchev–Trinajstić information content (AvgIpc) is 3.09. The predicted octanol–water partition coefficient (Wildman–Crippen LogP) is 1.98. The summed E-state index contributed by atoms with van der Waals surface area (Å²) in [6.07, 6.45) is 6.79. The standard InChI is InChI=1S/C17H34N4O/c1-5-18-17(19-10-6-7-11-21(4)13(2)3)20-15-12-14-8-9-16(15)22-14/h13-16H,5-12H2,1-4H3,(H2,18,19,20). The van der Waals surface area contributed by atoms with Crippen molar-refractivity contribution in [3.05, 3.63) is 0 Å². The molecule has 0 amide bonds. The van der Waals surface area contributed by atoms with Crippen LogP contribution in [0.15, 0.2) is 4.99 Å². The molecule has 2 rings (SSSR count). The summed E-state index contributed by atoms with van der Waals surface area (Å²) in [5.74, 6) is 0.959. The van der Waals surface area contributed by atoms with E-state index in [0.29, 0.717) is 24.3 Å². The van der Waals surface area contributed by atoms with Gasteiger partial charge in [0.25, 0.3) is 0 Å². The first kappa shape index (κ1) is 17.5. The maximum Gasteiger partial charge on any atom is 0.191 e. The highest BCUT2D eigenvalue weighted by Gasteiger charge is 2.41. The number of unbranched alkanes of at least 4 members (excludes halogenated alkanes) is 1. The molecule has 0 aliphatic carbocycles. The molecule has 2 saturated heterocycles. The third-order valence-corrected chi connectivity index (χ3v) is 4.84. The Hall–Kier alpha value is -0.810. The van der Waals surface area contributed by atoms with Gasteiger partial charge in [0, 0.05) is 19.1 Å². The third kappa shape index (κ3) is 5.13. The monoisotopic (exact) mass is 310 g/mol. The normalized spacial score (nSPS) is 27.9. The second-order valence-electron chi connectivity index (χ2n) is 6.90. The quantitative estimate of drug-likeness (QED) is 0.409. The number of guanidine groups is 1. The Kier molecular flexibility index (Phi) is 6.96. The van der Waals surface area contributed by atoms with Gasteiger partial charge in [0.2, 0.25) is 0 Å². The van der Waals surface area contributed by atoms with E-state index in [0.717, 1.165) is 38.4 Å². The van der Waals surface area contributed by atoms with Crippen molar-refractivity contribution in [2.24, 2.45) is 4.99 Å². The highest BCUT2D eigenvalue weighted by Crippen LogP contribution is 2.34. The van der Waals surface area contributed by atoms with E-state index in [1.165, 1.54) is 19.3 Å². The van der Waals surface area contributed by atoms with Crippen LogP contribution in [0.5, 0.6) is 0 Å². The van der Waals surface area contributed by atoms with Crippen molar-refractivity contribution in [1.82, 2.24) is 15.5 Å². The van der Waals surface area contributed by atoms with Crippen molar-refractivity contribution in [2.75, 3.05) is 26.7 Å². The molecular formula is C17H34N4O. The van der Waals surface area contributed by atoms with Crippen LogP contribution >= 0.6 is 0 Å². The number of ether oxygens (including phenoxy) is 1. The van der Waals surface area contributed by atoms with Crippen LogP contribution in [-0.2, 0) is 4.74 Å². The van der Waals surface area contributed by atoms with Gasteiger partial charge in [-0.15, -0.1) is 0 Å². The van der Waals surface area contributed by atoms with Crippen LogP contribution in [0, 0.1) is 0 Å². The highest BCUT2D eigenvalue weighted by atomic mass is 16.5. The minimum Gasteiger partial charge on any atom is -0.373 e. The number of nitrogens with one attached hydrogen (secondary N) is 2. The molecule has 5 heteroatoms. The summed E-state index contributed by atoms with van der Waals surface area (Å²) >= 11 is 0. The lowest BCUT2D eigenvalue weighted by atomic mass is 9.96. The molecule has 2 bridgehead atoms. The number of fused-ring (bicyclic) bond motifs is 2. The van der Waals surface area contributed by atoms with Crippen molar-refractivity contribution < 1.29 is 4.74 Å². The second-order valence-corrected chi connectivity index (χ2v) is 6.90. The van der Waals surface area contributed by atoms with Crippen LogP contribution in [0.3, 0.4) is 0 Å². The lowest BCUT2D eigenvalue weighted by Crippen LogP contribution is -2.47. The molecule has 3 unspecified atom stereocenters. The van der Waals surface area contributed by atoms with E-state index in [1.54, 1.807) is 0 Å². The molecule has 3 atom stereocenters. The highest BCUT2D eigenvalue weighted by molar-refractivity contribution is 5.80. The van der Waals surface area contributed by atoms with Gasteiger partial charge in [0.05, 0.1) is 18.2 Å². The Morgan fingerprint density at radius 2 is 2.14 bits per heavy atom. The summed E-state index contributed by atoms with van der Waals surface area (Å²) in [5.41, 5.74) is 0. The van der Waals surface area contributed by atoms with Gasteiger partial charge in [-0.3, -0.25) is 4.99 Å². The molecule has 2 aliphatic rings. The first-order valence-electron chi connectivity index (χ1n) is 9.00. The van der Waals surface area contributed by atoms with Crippen LogP contribution in [0.4, 0.5) is 0 Å². The Bertz CT molecular complexity index is 359. The van der Waals surface area contributed by atoms with Crippen molar-refractivity contribution in [1.29, 1.82) is 0 Å². The molecule has 128 valence electrons. The summed E-state index contributed by atoms with van der Waals surface area (Å²) < 4.78 is 5.90.